The minimum absolute atomic E-state index is 0.888. The van der Waals surface area contributed by atoms with Gasteiger partial charge in [-0.2, -0.15) is 0 Å². The number of aromatic nitrogens is 4. The number of imidazole rings is 2. The molecular formula is C40H28N4O. The highest BCUT2D eigenvalue weighted by Gasteiger charge is 2.14. The van der Waals surface area contributed by atoms with Gasteiger partial charge in [-0.15, -0.1) is 0 Å². The topological polar surface area (TPSA) is 48.8 Å². The van der Waals surface area contributed by atoms with Gasteiger partial charge in [-0.05, 0) is 70.8 Å². The Morgan fingerprint density at radius 2 is 0.800 bits per heavy atom. The summed E-state index contributed by atoms with van der Waals surface area (Å²) in [5, 5.41) is 2.22. The Labute approximate surface area is 259 Å². The highest BCUT2D eigenvalue weighted by atomic mass is 16.3. The van der Waals surface area contributed by atoms with E-state index in [2.05, 4.69) is 145 Å². The average Bonchev–Trinajstić information content (AvgIpc) is 3.75. The molecule has 214 valence electrons. The first-order valence-corrected chi connectivity index (χ1v) is 15.1. The lowest BCUT2D eigenvalue weighted by atomic mass is 9.99. The van der Waals surface area contributed by atoms with E-state index >= 15 is 0 Å². The van der Waals surface area contributed by atoms with Gasteiger partial charge in [0, 0.05) is 36.0 Å². The molecule has 0 N–H and O–H groups in total. The smallest absolute Gasteiger partial charge is 0.140 e. The molecule has 0 amide bonds. The second-order valence-electron chi connectivity index (χ2n) is 11.6. The second kappa shape index (κ2) is 9.79. The van der Waals surface area contributed by atoms with Crippen LogP contribution in [-0.4, -0.2) is 19.1 Å². The lowest BCUT2D eigenvalue weighted by molar-refractivity contribution is 0.669. The van der Waals surface area contributed by atoms with Crippen LogP contribution in [0.1, 0.15) is 0 Å². The fourth-order valence-corrected chi connectivity index (χ4v) is 6.57. The van der Waals surface area contributed by atoms with Crippen molar-refractivity contribution in [3.05, 3.63) is 133 Å². The van der Waals surface area contributed by atoms with E-state index in [0.717, 1.165) is 89.0 Å². The Morgan fingerprint density at radius 3 is 1.22 bits per heavy atom. The number of rotatable bonds is 4. The summed E-state index contributed by atoms with van der Waals surface area (Å²) in [4.78, 5) is 9.73. The van der Waals surface area contributed by atoms with Gasteiger partial charge in [-0.25, -0.2) is 9.97 Å². The number of hydrogen-bond donors (Lipinski definition) is 0. The maximum absolute atomic E-state index is 6.25. The second-order valence-corrected chi connectivity index (χ2v) is 11.6. The minimum Gasteiger partial charge on any atom is -0.456 e. The van der Waals surface area contributed by atoms with Crippen LogP contribution < -0.4 is 0 Å². The molecule has 5 nitrogen and oxygen atoms in total. The summed E-state index contributed by atoms with van der Waals surface area (Å²) in [6.45, 7) is 0. The van der Waals surface area contributed by atoms with Gasteiger partial charge in [0.2, 0.25) is 0 Å². The molecule has 0 aliphatic carbocycles. The highest BCUT2D eigenvalue weighted by Crippen LogP contribution is 2.36. The van der Waals surface area contributed by atoms with Crippen LogP contribution in [0.15, 0.2) is 138 Å². The molecule has 5 heteroatoms. The van der Waals surface area contributed by atoms with Crippen molar-refractivity contribution in [1.29, 1.82) is 0 Å². The number of nitrogens with zero attached hydrogens (tertiary/aromatic N) is 4. The molecule has 9 aromatic rings. The third-order valence-electron chi connectivity index (χ3n) is 9.00. The van der Waals surface area contributed by atoms with Crippen molar-refractivity contribution in [2.24, 2.45) is 14.1 Å². The standard InChI is InChI=1S/C40H28N4O/c1-43-35-9-5-3-7-33(35)41-39(43)27-15-11-25(12-16-27)29-19-21-37-31(23-29)32-24-30(20-22-38(32)45-37)26-13-17-28(18-14-26)40-42-34-8-4-6-10-36(34)44(40)2/h3-24H,1-2H3. The van der Waals surface area contributed by atoms with Crippen LogP contribution in [0, 0.1) is 0 Å². The van der Waals surface area contributed by atoms with Crippen molar-refractivity contribution in [2.45, 2.75) is 0 Å². The monoisotopic (exact) mass is 580 g/mol. The van der Waals surface area contributed by atoms with E-state index in [0.29, 0.717) is 0 Å². The van der Waals surface area contributed by atoms with E-state index in [4.69, 9.17) is 14.4 Å². The number of furan rings is 1. The molecular weight excluding hydrogens is 552 g/mol. The molecule has 9 rings (SSSR count). The van der Waals surface area contributed by atoms with E-state index in [1.54, 1.807) is 0 Å². The summed E-state index contributed by atoms with van der Waals surface area (Å²) < 4.78 is 10.6. The van der Waals surface area contributed by atoms with Crippen LogP contribution >= 0.6 is 0 Å². The van der Waals surface area contributed by atoms with Crippen LogP contribution in [0.5, 0.6) is 0 Å². The first-order chi connectivity index (χ1) is 22.1. The third-order valence-corrected chi connectivity index (χ3v) is 9.00. The summed E-state index contributed by atoms with van der Waals surface area (Å²) in [7, 11) is 4.14. The van der Waals surface area contributed by atoms with E-state index in [-0.39, 0.29) is 0 Å². The predicted octanol–water partition coefficient (Wildman–Crippen LogP) is 10.0. The molecule has 0 saturated heterocycles. The number of hydrogen-bond acceptors (Lipinski definition) is 3. The molecule has 0 spiro atoms. The zero-order valence-corrected chi connectivity index (χ0v) is 24.9. The van der Waals surface area contributed by atoms with Gasteiger partial charge in [-0.3, -0.25) is 0 Å². The van der Waals surface area contributed by atoms with Crippen LogP contribution in [-0.2, 0) is 14.1 Å². The van der Waals surface area contributed by atoms with Crippen molar-refractivity contribution in [1.82, 2.24) is 19.1 Å². The molecule has 0 bridgehead atoms. The normalized spacial score (nSPS) is 11.8. The quantitative estimate of drug-likeness (QED) is 0.208. The molecule has 0 unspecified atom stereocenters. The molecule has 3 heterocycles. The van der Waals surface area contributed by atoms with Gasteiger partial charge in [0.1, 0.15) is 22.8 Å². The lowest BCUT2D eigenvalue weighted by Gasteiger charge is -2.06. The van der Waals surface area contributed by atoms with Gasteiger partial charge in [0.15, 0.2) is 0 Å². The fourth-order valence-electron chi connectivity index (χ4n) is 6.57. The van der Waals surface area contributed by atoms with Crippen molar-refractivity contribution >= 4 is 44.0 Å². The van der Waals surface area contributed by atoms with Crippen molar-refractivity contribution in [3.63, 3.8) is 0 Å². The fraction of sp³-hybridized carbons (Fsp3) is 0.0500. The van der Waals surface area contributed by atoms with Crippen molar-refractivity contribution in [2.75, 3.05) is 0 Å². The maximum atomic E-state index is 6.25. The number of fused-ring (bicyclic) bond motifs is 5. The van der Waals surface area contributed by atoms with Gasteiger partial charge in [0.05, 0.1) is 22.1 Å². The van der Waals surface area contributed by atoms with Crippen molar-refractivity contribution in [3.8, 4) is 45.0 Å². The molecule has 0 aliphatic heterocycles. The van der Waals surface area contributed by atoms with Crippen LogP contribution in [0.2, 0.25) is 0 Å². The Morgan fingerprint density at radius 1 is 0.422 bits per heavy atom. The number of benzene rings is 6. The lowest BCUT2D eigenvalue weighted by Crippen LogP contribution is -1.92. The van der Waals surface area contributed by atoms with E-state index in [9.17, 15) is 0 Å². The molecule has 0 aliphatic rings. The van der Waals surface area contributed by atoms with Gasteiger partial charge in [-0.1, -0.05) is 84.9 Å². The largest absolute Gasteiger partial charge is 0.456 e. The van der Waals surface area contributed by atoms with Crippen molar-refractivity contribution < 1.29 is 4.42 Å². The third kappa shape index (κ3) is 4.09. The molecule has 6 aromatic carbocycles. The summed E-state index contributed by atoms with van der Waals surface area (Å²) in [5.41, 5.74) is 12.9. The Kier molecular flexibility index (Phi) is 5.56. The molecule has 0 radical (unpaired) electrons. The summed E-state index contributed by atoms with van der Waals surface area (Å²) >= 11 is 0. The summed E-state index contributed by atoms with van der Waals surface area (Å²) in [5.74, 6) is 1.93. The van der Waals surface area contributed by atoms with E-state index < -0.39 is 0 Å². The highest BCUT2D eigenvalue weighted by molar-refractivity contribution is 6.07. The SMILES string of the molecule is Cn1c(-c2ccc(-c3ccc4oc5ccc(-c6ccc(-c7nc8ccccc8n7C)cc6)cc5c4c3)cc2)nc2ccccc21. The Hall–Kier alpha value is -5.94. The first-order valence-electron chi connectivity index (χ1n) is 15.1. The van der Waals surface area contributed by atoms with E-state index in [1.165, 1.54) is 0 Å². The molecule has 0 fully saturated rings. The van der Waals surface area contributed by atoms with E-state index in [1.807, 2.05) is 12.1 Å². The molecule has 0 saturated carbocycles. The Bertz CT molecular complexity index is 2370. The average molecular weight is 581 g/mol. The van der Waals surface area contributed by atoms with Crippen LogP contribution in [0.4, 0.5) is 0 Å². The summed E-state index contributed by atoms with van der Waals surface area (Å²) in [6.07, 6.45) is 0. The predicted molar refractivity (Wildman–Crippen MR) is 184 cm³/mol. The Balaban J connectivity index is 1.05. The minimum atomic E-state index is 0.888. The van der Waals surface area contributed by atoms with Gasteiger partial charge in [0.25, 0.3) is 0 Å². The van der Waals surface area contributed by atoms with Crippen LogP contribution in [0.25, 0.3) is 89.0 Å². The summed E-state index contributed by atoms with van der Waals surface area (Å²) in [6, 6.07) is 46.7. The molecule has 45 heavy (non-hydrogen) atoms. The zero-order valence-electron chi connectivity index (χ0n) is 24.9. The van der Waals surface area contributed by atoms with Gasteiger partial charge >= 0.3 is 0 Å². The zero-order chi connectivity index (χ0) is 30.1. The molecule has 3 aromatic heterocycles. The maximum Gasteiger partial charge on any atom is 0.140 e. The number of aryl methyl sites for hydroxylation is 2. The number of para-hydroxylation sites is 4. The first kappa shape index (κ1) is 25.5. The molecule has 0 atom stereocenters. The van der Waals surface area contributed by atoms with Gasteiger partial charge < -0.3 is 13.6 Å². The van der Waals surface area contributed by atoms with Crippen LogP contribution in [0.3, 0.4) is 0 Å².